The molecule has 3 aliphatic carbocycles. The first-order chi connectivity index (χ1) is 12.0. The van der Waals surface area contributed by atoms with Crippen molar-refractivity contribution in [2.45, 2.75) is 85.0 Å². The summed E-state index contributed by atoms with van der Waals surface area (Å²) >= 11 is 0. The molecule has 0 radical (unpaired) electrons. The Morgan fingerprint density at radius 3 is 2.76 bits per heavy atom. The monoisotopic (exact) mass is 341 g/mol. The molecule has 4 rings (SSSR count). The molecule has 3 fully saturated rings. The number of allylic oxidation sites excluding steroid dienone is 1. The summed E-state index contributed by atoms with van der Waals surface area (Å²) in [6.45, 7) is 7.31. The number of dihydropyridines is 1. The van der Waals surface area contributed by atoms with Gasteiger partial charge in [-0.1, -0.05) is 46.1 Å². The SMILES string of the molecule is CCCCC[C@H]1CC[C@H]2[C@@H]3CCC4=NC(=O)C=C[C@]4(C)[C@H]3CC[C@]12C. The van der Waals surface area contributed by atoms with Crippen molar-refractivity contribution < 1.29 is 4.79 Å². The van der Waals surface area contributed by atoms with Gasteiger partial charge in [-0.3, -0.25) is 4.79 Å². The zero-order valence-corrected chi connectivity index (χ0v) is 16.4. The number of carbonyl (C=O) groups is 1. The molecule has 138 valence electrons. The molecule has 2 heteroatoms. The van der Waals surface area contributed by atoms with E-state index in [2.05, 4.69) is 31.8 Å². The Morgan fingerprint density at radius 1 is 1.12 bits per heavy atom. The number of carbonyl (C=O) groups excluding carboxylic acids is 1. The zero-order chi connectivity index (χ0) is 17.7. The van der Waals surface area contributed by atoms with Crippen LogP contribution in [0.3, 0.4) is 0 Å². The van der Waals surface area contributed by atoms with Crippen molar-refractivity contribution in [1.82, 2.24) is 0 Å². The second-order valence-electron chi connectivity index (χ2n) is 9.74. The van der Waals surface area contributed by atoms with Gasteiger partial charge < -0.3 is 0 Å². The number of unbranched alkanes of at least 4 members (excludes halogenated alkanes) is 2. The van der Waals surface area contributed by atoms with Gasteiger partial charge in [-0.2, -0.15) is 0 Å². The molecule has 0 aromatic carbocycles. The summed E-state index contributed by atoms with van der Waals surface area (Å²) < 4.78 is 0. The Balaban J connectivity index is 1.55. The summed E-state index contributed by atoms with van der Waals surface area (Å²) in [6, 6.07) is 0. The van der Waals surface area contributed by atoms with Crippen LogP contribution < -0.4 is 0 Å². The smallest absolute Gasteiger partial charge is 0.267 e. The van der Waals surface area contributed by atoms with E-state index in [1.165, 1.54) is 63.5 Å². The van der Waals surface area contributed by atoms with E-state index in [9.17, 15) is 4.79 Å². The standard InChI is InChI=1S/C23H35NO/c1-4-5-6-7-16-8-10-18-17-9-11-20-23(3,15-13-21(25)24-20)19(17)12-14-22(16,18)2/h13,15-19H,4-12,14H2,1-3H3/t16-,17-,18-,19-,22+,23+/m0/s1. The minimum absolute atomic E-state index is 0.0385. The van der Waals surface area contributed by atoms with Crippen molar-refractivity contribution in [2.75, 3.05) is 0 Å². The molecule has 2 nitrogen and oxygen atoms in total. The van der Waals surface area contributed by atoms with Crippen LogP contribution in [0.4, 0.5) is 0 Å². The first-order valence-corrected chi connectivity index (χ1v) is 10.8. The van der Waals surface area contributed by atoms with Crippen LogP contribution in [0.2, 0.25) is 0 Å². The normalized spacial score (nSPS) is 45.6. The highest BCUT2D eigenvalue weighted by atomic mass is 16.1. The second-order valence-corrected chi connectivity index (χ2v) is 9.74. The van der Waals surface area contributed by atoms with Gasteiger partial charge in [0.2, 0.25) is 0 Å². The fourth-order valence-electron chi connectivity index (χ4n) is 7.26. The molecule has 0 spiro atoms. The van der Waals surface area contributed by atoms with Crippen LogP contribution in [0, 0.1) is 34.5 Å². The summed E-state index contributed by atoms with van der Waals surface area (Å²) in [5.74, 6) is 3.37. The number of nitrogens with zero attached hydrogens (tertiary/aromatic N) is 1. The first-order valence-electron chi connectivity index (χ1n) is 10.8. The summed E-state index contributed by atoms with van der Waals surface area (Å²) in [7, 11) is 0. The van der Waals surface area contributed by atoms with E-state index in [0.717, 1.165) is 24.2 Å². The van der Waals surface area contributed by atoms with Gasteiger partial charge in [0.05, 0.1) is 0 Å². The molecule has 3 saturated carbocycles. The van der Waals surface area contributed by atoms with E-state index in [-0.39, 0.29) is 11.3 Å². The number of rotatable bonds is 4. The second kappa shape index (κ2) is 6.35. The third-order valence-electron chi connectivity index (χ3n) is 8.71. The van der Waals surface area contributed by atoms with E-state index in [1.54, 1.807) is 6.08 Å². The van der Waals surface area contributed by atoms with Crippen molar-refractivity contribution in [3.8, 4) is 0 Å². The van der Waals surface area contributed by atoms with Gasteiger partial charge in [-0.05, 0) is 74.0 Å². The first kappa shape index (κ1) is 17.5. The third kappa shape index (κ3) is 2.66. The summed E-state index contributed by atoms with van der Waals surface area (Å²) in [4.78, 5) is 16.2. The maximum Gasteiger partial charge on any atom is 0.269 e. The molecule has 0 N–H and O–H groups in total. The van der Waals surface area contributed by atoms with Crippen molar-refractivity contribution in [2.24, 2.45) is 39.5 Å². The number of fused-ring (bicyclic) bond motifs is 5. The van der Waals surface area contributed by atoms with E-state index in [1.807, 2.05) is 0 Å². The molecule has 1 aliphatic heterocycles. The van der Waals surface area contributed by atoms with Gasteiger partial charge in [-0.15, -0.1) is 0 Å². The Morgan fingerprint density at radius 2 is 1.96 bits per heavy atom. The molecule has 6 atom stereocenters. The van der Waals surface area contributed by atoms with E-state index < -0.39 is 0 Å². The Hall–Kier alpha value is -0.920. The van der Waals surface area contributed by atoms with Gasteiger partial charge in [0.25, 0.3) is 5.91 Å². The number of aliphatic imine (C=N–C) groups is 1. The Labute approximate surface area is 153 Å². The fraction of sp³-hybridized carbons (Fsp3) is 0.826. The van der Waals surface area contributed by atoms with E-state index >= 15 is 0 Å². The van der Waals surface area contributed by atoms with Crippen molar-refractivity contribution in [3.63, 3.8) is 0 Å². The number of hydrogen-bond acceptors (Lipinski definition) is 1. The van der Waals surface area contributed by atoms with Gasteiger partial charge in [0.1, 0.15) is 0 Å². The summed E-state index contributed by atoms with van der Waals surface area (Å²) in [5, 5.41) is 0. The highest BCUT2D eigenvalue weighted by molar-refractivity contribution is 6.07. The maximum atomic E-state index is 11.7. The summed E-state index contributed by atoms with van der Waals surface area (Å²) in [5.41, 5.74) is 1.81. The third-order valence-corrected chi connectivity index (χ3v) is 8.71. The minimum atomic E-state index is -0.0385. The highest BCUT2D eigenvalue weighted by Gasteiger charge is 2.58. The highest BCUT2D eigenvalue weighted by Crippen LogP contribution is 2.65. The molecule has 0 unspecified atom stereocenters. The lowest BCUT2D eigenvalue weighted by Gasteiger charge is -2.56. The lowest BCUT2D eigenvalue weighted by molar-refractivity contribution is -0.113. The molecule has 25 heavy (non-hydrogen) atoms. The van der Waals surface area contributed by atoms with Crippen molar-refractivity contribution >= 4 is 11.6 Å². The molecule has 1 amide bonds. The van der Waals surface area contributed by atoms with Crippen molar-refractivity contribution in [3.05, 3.63) is 12.2 Å². The predicted molar refractivity (Wildman–Crippen MR) is 104 cm³/mol. The number of amides is 1. The van der Waals surface area contributed by atoms with Crippen LogP contribution in [-0.2, 0) is 4.79 Å². The molecule has 0 aromatic rings. The van der Waals surface area contributed by atoms with Crippen LogP contribution in [0.5, 0.6) is 0 Å². The Bertz CT molecular complexity index is 605. The lowest BCUT2D eigenvalue weighted by Crippen LogP contribution is -2.52. The molecule has 1 heterocycles. The predicted octanol–water partition coefficient (Wildman–Crippen LogP) is 5.96. The van der Waals surface area contributed by atoms with Crippen LogP contribution in [-0.4, -0.2) is 11.6 Å². The van der Waals surface area contributed by atoms with E-state index in [0.29, 0.717) is 11.3 Å². The molecule has 0 saturated heterocycles. The molecule has 4 aliphatic rings. The average molecular weight is 342 g/mol. The average Bonchev–Trinajstić information content (AvgIpc) is 2.92. The topological polar surface area (TPSA) is 29.4 Å². The summed E-state index contributed by atoms with van der Waals surface area (Å²) in [6.07, 6.45) is 17.5. The Kier molecular flexibility index (Phi) is 4.45. The van der Waals surface area contributed by atoms with Crippen molar-refractivity contribution in [1.29, 1.82) is 0 Å². The van der Waals surface area contributed by atoms with Gasteiger partial charge >= 0.3 is 0 Å². The largest absolute Gasteiger partial charge is 0.269 e. The van der Waals surface area contributed by atoms with Crippen LogP contribution >= 0.6 is 0 Å². The van der Waals surface area contributed by atoms with Gasteiger partial charge in [0.15, 0.2) is 0 Å². The molecular weight excluding hydrogens is 306 g/mol. The molecular formula is C23H35NO. The maximum absolute atomic E-state index is 11.7. The van der Waals surface area contributed by atoms with E-state index in [4.69, 9.17) is 0 Å². The molecule has 0 bridgehead atoms. The van der Waals surface area contributed by atoms with Gasteiger partial charge in [-0.25, -0.2) is 4.99 Å². The quantitative estimate of drug-likeness (QED) is 0.580. The lowest BCUT2D eigenvalue weighted by atomic mass is 9.48. The number of hydrogen-bond donors (Lipinski definition) is 0. The minimum Gasteiger partial charge on any atom is -0.267 e. The molecule has 0 aromatic heterocycles. The van der Waals surface area contributed by atoms with Crippen LogP contribution in [0.25, 0.3) is 0 Å². The fourth-order valence-corrected chi connectivity index (χ4v) is 7.26. The van der Waals surface area contributed by atoms with Crippen LogP contribution in [0.1, 0.15) is 85.0 Å². The zero-order valence-electron chi connectivity index (χ0n) is 16.4. The van der Waals surface area contributed by atoms with Crippen LogP contribution in [0.15, 0.2) is 17.1 Å². The van der Waals surface area contributed by atoms with Gasteiger partial charge in [0, 0.05) is 17.2 Å².